The number of nitrogens with one attached hydrogen (secondary N) is 1. The lowest BCUT2D eigenvalue weighted by Gasteiger charge is -2.21. The van der Waals surface area contributed by atoms with Crippen LogP contribution in [0.1, 0.15) is 18.6 Å². The third-order valence-corrected chi connectivity index (χ3v) is 6.49. The van der Waals surface area contributed by atoms with Gasteiger partial charge in [-0.05, 0) is 61.4 Å². The highest BCUT2D eigenvalue weighted by atomic mass is 16.5. The van der Waals surface area contributed by atoms with Crippen LogP contribution in [0.5, 0.6) is 17.2 Å². The molecular formula is C29H30N4O6. The molecule has 1 aliphatic rings. The Morgan fingerprint density at radius 3 is 2.44 bits per heavy atom. The summed E-state index contributed by atoms with van der Waals surface area (Å²) in [6.07, 6.45) is 5.05. The van der Waals surface area contributed by atoms with E-state index in [0.717, 1.165) is 24.2 Å². The van der Waals surface area contributed by atoms with Gasteiger partial charge in [0.05, 0.1) is 45.5 Å². The lowest BCUT2D eigenvalue weighted by atomic mass is 10.1. The first kappa shape index (κ1) is 25.9. The first-order valence-electron chi connectivity index (χ1n) is 12.6. The minimum absolute atomic E-state index is 0.0387. The number of nitrogens with zero attached hydrogens (tertiary/aromatic N) is 3. The van der Waals surface area contributed by atoms with E-state index in [1.54, 1.807) is 56.4 Å². The van der Waals surface area contributed by atoms with Gasteiger partial charge in [-0.25, -0.2) is 4.98 Å². The standard InChI is InChI=1S/C29H30N4O6/c1-36-22-11-8-19(9-12-22)24-17-33(21-10-13-25(37-2)26(15-21)38-3)29(30-24)31-27(34)18-32(28(35)20-6-7-20)16-23-5-4-14-39-23/h4-5,8-15,17,20H,6-7,16,18H2,1-3H3,(H,30,31,34). The first-order valence-corrected chi connectivity index (χ1v) is 12.6. The van der Waals surface area contributed by atoms with E-state index in [1.807, 2.05) is 36.5 Å². The van der Waals surface area contributed by atoms with Crippen LogP contribution in [0.25, 0.3) is 16.9 Å². The van der Waals surface area contributed by atoms with Crippen LogP contribution in [0.3, 0.4) is 0 Å². The highest BCUT2D eigenvalue weighted by Crippen LogP contribution is 2.33. The number of imidazole rings is 1. The van der Waals surface area contributed by atoms with Crippen molar-refractivity contribution in [2.45, 2.75) is 19.4 Å². The van der Waals surface area contributed by atoms with Crippen molar-refractivity contribution < 1.29 is 28.2 Å². The van der Waals surface area contributed by atoms with Gasteiger partial charge in [-0.15, -0.1) is 0 Å². The number of furan rings is 1. The van der Waals surface area contributed by atoms with Gasteiger partial charge < -0.3 is 23.5 Å². The van der Waals surface area contributed by atoms with Crippen molar-refractivity contribution in [3.05, 3.63) is 72.8 Å². The van der Waals surface area contributed by atoms with Crippen LogP contribution in [0.4, 0.5) is 5.95 Å². The average molecular weight is 531 g/mol. The van der Waals surface area contributed by atoms with Crippen molar-refractivity contribution in [1.29, 1.82) is 0 Å². The van der Waals surface area contributed by atoms with Gasteiger partial charge in [-0.2, -0.15) is 0 Å². The lowest BCUT2D eigenvalue weighted by molar-refractivity contribution is -0.136. The Bertz CT molecular complexity index is 1440. The predicted molar refractivity (Wildman–Crippen MR) is 144 cm³/mol. The summed E-state index contributed by atoms with van der Waals surface area (Å²) < 4.78 is 23.3. The molecule has 0 spiro atoms. The van der Waals surface area contributed by atoms with Crippen molar-refractivity contribution >= 4 is 17.8 Å². The molecule has 10 nitrogen and oxygen atoms in total. The zero-order valence-electron chi connectivity index (χ0n) is 22.0. The molecule has 0 atom stereocenters. The summed E-state index contributed by atoms with van der Waals surface area (Å²) in [7, 11) is 4.74. The molecule has 0 saturated heterocycles. The van der Waals surface area contributed by atoms with Gasteiger partial charge in [-0.1, -0.05) is 0 Å². The molecule has 0 unspecified atom stereocenters. The van der Waals surface area contributed by atoms with Crippen LogP contribution in [0.15, 0.2) is 71.5 Å². The minimum atomic E-state index is -0.371. The number of amides is 2. The second-order valence-electron chi connectivity index (χ2n) is 9.18. The van der Waals surface area contributed by atoms with Crippen molar-refractivity contribution in [2.75, 3.05) is 33.2 Å². The summed E-state index contributed by atoms with van der Waals surface area (Å²) in [5.74, 6) is 2.29. The minimum Gasteiger partial charge on any atom is -0.497 e. The van der Waals surface area contributed by atoms with Crippen molar-refractivity contribution in [1.82, 2.24) is 14.5 Å². The molecule has 2 amide bonds. The third kappa shape index (κ3) is 5.90. The molecule has 1 N–H and O–H groups in total. The van der Waals surface area contributed by atoms with Crippen LogP contribution in [-0.4, -0.2) is 54.1 Å². The van der Waals surface area contributed by atoms with Crippen LogP contribution in [0, 0.1) is 5.92 Å². The molecule has 2 aromatic heterocycles. The smallest absolute Gasteiger partial charge is 0.246 e. The largest absolute Gasteiger partial charge is 0.497 e. The fraction of sp³-hybridized carbons (Fsp3) is 0.276. The highest BCUT2D eigenvalue weighted by molar-refractivity contribution is 5.94. The maximum Gasteiger partial charge on any atom is 0.246 e. The molecule has 0 radical (unpaired) electrons. The normalized spacial score (nSPS) is 12.6. The summed E-state index contributed by atoms with van der Waals surface area (Å²) in [5.41, 5.74) is 2.19. The van der Waals surface area contributed by atoms with Gasteiger partial charge in [-0.3, -0.25) is 19.5 Å². The zero-order valence-corrected chi connectivity index (χ0v) is 22.0. The summed E-state index contributed by atoms with van der Waals surface area (Å²) >= 11 is 0. The molecule has 0 aliphatic heterocycles. The molecule has 202 valence electrons. The maximum atomic E-state index is 13.3. The topological polar surface area (TPSA) is 108 Å². The van der Waals surface area contributed by atoms with Crippen LogP contribution >= 0.6 is 0 Å². The molecule has 1 aliphatic carbocycles. The molecule has 1 saturated carbocycles. The SMILES string of the molecule is COc1ccc(-c2cn(-c3ccc(OC)c(OC)c3)c(NC(=O)CN(Cc3ccco3)C(=O)C3CC3)n2)cc1. The van der Waals surface area contributed by atoms with Crippen LogP contribution in [0.2, 0.25) is 0 Å². The van der Waals surface area contributed by atoms with Gasteiger partial charge in [0.2, 0.25) is 17.8 Å². The zero-order chi connectivity index (χ0) is 27.4. The number of hydrogen-bond donors (Lipinski definition) is 1. The lowest BCUT2D eigenvalue weighted by Crippen LogP contribution is -2.38. The molecule has 4 aromatic rings. The maximum absolute atomic E-state index is 13.3. The van der Waals surface area contributed by atoms with Crippen LogP contribution < -0.4 is 19.5 Å². The van der Waals surface area contributed by atoms with Gasteiger partial charge in [0.15, 0.2) is 11.5 Å². The van der Waals surface area contributed by atoms with E-state index in [0.29, 0.717) is 34.6 Å². The second kappa shape index (κ2) is 11.3. The highest BCUT2D eigenvalue weighted by Gasteiger charge is 2.34. The number of hydrogen-bond acceptors (Lipinski definition) is 7. The van der Waals surface area contributed by atoms with Gasteiger partial charge in [0.25, 0.3) is 0 Å². The Kier molecular flexibility index (Phi) is 7.53. The number of carbonyl (C=O) groups excluding carboxylic acids is 2. The molecule has 39 heavy (non-hydrogen) atoms. The molecule has 1 fully saturated rings. The van der Waals surface area contributed by atoms with E-state index in [2.05, 4.69) is 5.32 Å². The Labute approximate surface area is 226 Å². The molecule has 0 bridgehead atoms. The van der Waals surface area contributed by atoms with Crippen molar-refractivity contribution in [3.63, 3.8) is 0 Å². The number of aromatic nitrogens is 2. The molecule has 5 rings (SSSR count). The Morgan fingerprint density at radius 1 is 1.03 bits per heavy atom. The Balaban J connectivity index is 1.45. The van der Waals surface area contributed by atoms with E-state index in [4.69, 9.17) is 23.6 Å². The fourth-order valence-corrected chi connectivity index (χ4v) is 4.27. The third-order valence-electron chi connectivity index (χ3n) is 6.49. The summed E-state index contributed by atoms with van der Waals surface area (Å²) in [5, 5.41) is 2.90. The molecule has 10 heteroatoms. The van der Waals surface area contributed by atoms with Gasteiger partial charge in [0.1, 0.15) is 18.1 Å². The van der Waals surface area contributed by atoms with E-state index in [-0.39, 0.29) is 30.8 Å². The van der Waals surface area contributed by atoms with Gasteiger partial charge in [0, 0.05) is 23.7 Å². The number of ether oxygens (including phenoxy) is 3. The van der Waals surface area contributed by atoms with E-state index in [9.17, 15) is 9.59 Å². The van der Waals surface area contributed by atoms with Gasteiger partial charge >= 0.3 is 0 Å². The molecular weight excluding hydrogens is 500 g/mol. The summed E-state index contributed by atoms with van der Waals surface area (Å²) in [6, 6.07) is 16.5. The predicted octanol–water partition coefficient (Wildman–Crippen LogP) is 4.54. The molecule has 2 aromatic carbocycles. The first-order chi connectivity index (χ1) is 19.0. The summed E-state index contributed by atoms with van der Waals surface area (Å²) in [4.78, 5) is 32.5. The quantitative estimate of drug-likeness (QED) is 0.303. The van der Waals surface area contributed by atoms with E-state index >= 15 is 0 Å². The number of methoxy groups -OCH3 is 3. The monoisotopic (exact) mass is 530 g/mol. The number of benzene rings is 2. The Morgan fingerprint density at radius 2 is 1.79 bits per heavy atom. The number of carbonyl (C=O) groups is 2. The van der Waals surface area contributed by atoms with Crippen molar-refractivity contribution in [3.8, 4) is 34.2 Å². The number of anilines is 1. The second-order valence-corrected chi connectivity index (χ2v) is 9.18. The summed E-state index contributed by atoms with van der Waals surface area (Å²) in [6.45, 7) is 0.0870. The van der Waals surface area contributed by atoms with E-state index in [1.165, 1.54) is 4.90 Å². The van der Waals surface area contributed by atoms with E-state index < -0.39 is 0 Å². The number of rotatable bonds is 11. The average Bonchev–Trinajstić information content (AvgIpc) is 3.53. The van der Waals surface area contributed by atoms with Crippen molar-refractivity contribution in [2.24, 2.45) is 5.92 Å². The fourth-order valence-electron chi connectivity index (χ4n) is 4.27. The van der Waals surface area contributed by atoms with Crippen LogP contribution in [-0.2, 0) is 16.1 Å². The molecule has 2 heterocycles. The Hall–Kier alpha value is -4.73.